The monoisotopic (exact) mass is 309 g/mol. The molecule has 0 aromatic heterocycles. The minimum absolute atomic E-state index is 0.219. The van der Waals surface area contributed by atoms with E-state index in [1.165, 1.54) is 0 Å². The van der Waals surface area contributed by atoms with Crippen LogP contribution in [0.4, 0.5) is 0 Å². The van der Waals surface area contributed by atoms with Crippen LogP contribution in [0.25, 0.3) is 0 Å². The quantitative estimate of drug-likeness (QED) is 0.884. The second-order valence-corrected chi connectivity index (χ2v) is 4.86. The van der Waals surface area contributed by atoms with Crippen molar-refractivity contribution >= 4 is 5.91 Å². The molecule has 0 radical (unpaired) electrons. The molecular formula is C19H19NO3. The third kappa shape index (κ3) is 4.27. The summed E-state index contributed by atoms with van der Waals surface area (Å²) in [5, 5.41) is 2.77. The zero-order valence-electron chi connectivity index (χ0n) is 13.5. The average molecular weight is 309 g/mol. The minimum Gasteiger partial charge on any atom is -0.496 e. The van der Waals surface area contributed by atoms with Gasteiger partial charge < -0.3 is 14.8 Å². The average Bonchev–Trinajstić information content (AvgIpc) is 2.59. The van der Waals surface area contributed by atoms with Gasteiger partial charge in [-0.15, -0.1) is 0 Å². The lowest BCUT2D eigenvalue weighted by Crippen LogP contribution is -2.23. The highest BCUT2D eigenvalue weighted by atomic mass is 16.5. The zero-order chi connectivity index (χ0) is 16.7. The Balaban J connectivity index is 2.05. The molecule has 2 aromatic carbocycles. The summed E-state index contributed by atoms with van der Waals surface area (Å²) in [5.41, 5.74) is 2.25. The van der Waals surface area contributed by atoms with Crippen molar-refractivity contribution in [2.24, 2.45) is 0 Å². The molecule has 4 heteroatoms. The van der Waals surface area contributed by atoms with Gasteiger partial charge in [-0.3, -0.25) is 4.79 Å². The number of rotatable bonds is 4. The molecule has 2 rings (SSSR count). The van der Waals surface area contributed by atoms with Crippen molar-refractivity contribution in [2.75, 3.05) is 20.8 Å². The molecule has 0 saturated heterocycles. The van der Waals surface area contributed by atoms with E-state index in [0.717, 1.165) is 11.1 Å². The second kappa shape index (κ2) is 7.90. The smallest absolute Gasteiger partial charge is 0.252 e. The molecule has 0 aliphatic rings. The molecule has 4 nitrogen and oxygen atoms in total. The summed E-state index contributed by atoms with van der Waals surface area (Å²) < 4.78 is 10.5. The molecule has 0 saturated carbocycles. The van der Waals surface area contributed by atoms with Crippen molar-refractivity contribution < 1.29 is 14.3 Å². The van der Waals surface area contributed by atoms with Crippen LogP contribution in [-0.4, -0.2) is 26.7 Å². The maximum Gasteiger partial charge on any atom is 0.252 e. The lowest BCUT2D eigenvalue weighted by atomic mass is 10.1. The predicted octanol–water partition coefficient (Wildman–Crippen LogP) is 2.79. The number of carbonyl (C=O) groups excluding carboxylic acids is 1. The maximum absolute atomic E-state index is 12.2. The van der Waals surface area contributed by atoms with Crippen molar-refractivity contribution in [3.8, 4) is 23.3 Å². The van der Waals surface area contributed by atoms with Crippen LogP contribution in [-0.2, 0) is 0 Å². The Morgan fingerprint density at radius 3 is 2.26 bits per heavy atom. The van der Waals surface area contributed by atoms with Gasteiger partial charge in [-0.2, -0.15) is 0 Å². The van der Waals surface area contributed by atoms with Crippen LogP contribution >= 0.6 is 0 Å². The summed E-state index contributed by atoms with van der Waals surface area (Å²) in [6.45, 7) is 2.15. The van der Waals surface area contributed by atoms with Crippen LogP contribution in [0.2, 0.25) is 0 Å². The topological polar surface area (TPSA) is 47.6 Å². The Kier molecular flexibility index (Phi) is 5.65. The van der Waals surface area contributed by atoms with Gasteiger partial charge in [0.05, 0.1) is 20.8 Å². The maximum atomic E-state index is 12.2. The van der Waals surface area contributed by atoms with Crippen LogP contribution in [0.1, 0.15) is 21.5 Å². The van der Waals surface area contributed by atoms with E-state index in [1.54, 1.807) is 26.4 Å². The first-order valence-corrected chi connectivity index (χ1v) is 7.20. The van der Waals surface area contributed by atoms with E-state index in [0.29, 0.717) is 17.1 Å². The van der Waals surface area contributed by atoms with Gasteiger partial charge in [0.2, 0.25) is 0 Å². The first-order valence-electron chi connectivity index (χ1n) is 7.20. The van der Waals surface area contributed by atoms with E-state index in [4.69, 9.17) is 9.47 Å². The standard InChI is InChI=1S/C19H19NO3/c1-14-17(22-2)12-16(13-18(14)23-3)19(21)20-11-7-10-15-8-5-4-6-9-15/h4-6,8-9,12-13H,11H2,1-3H3,(H,20,21). The number of amides is 1. The molecule has 1 N–H and O–H groups in total. The predicted molar refractivity (Wildman–Crippen MR) is 89.9 cm³/mol. The minimum atomic E-state index is -0.219. The molecule has 0 heterocycles. The van der Waals surface area contributed by atoms with Crippen molar-refractivity contribution in [1.82, 2.24) is 5.32 Å². The summed E-state index contributed by atoms with van der Waals surface area (Å²) in [6, 6.07) is 13.0. The number of ether oxygens (including phenoxy) is 2. The lowest BCUT2D eigenvalue weighted by molar-refractivity contribution is 0.0958. The highest BCUT2D eigenvalue weighted by molar-refractivity contribution is 5.95. The van der Waals surface area contributed by atoms with Crippen molar-refractivity contribution in [3.63, 3.8) is 0 Å². The van der Waals surface area contributed by atoms with Crippen LogP contribution < -0.4 is 14.8 Å². The van der Waals surface area contributed by atoms with Crippen LogP contribution in [0.3, 0.4) is 0 Å². The highest BCUT2D eigenvalue weighted by Crippen LogP contribution is 2.29. The Morgan fingerprint density at radius 2 is 1.70 bits per heavy atom. The number of nitrogens with one attached hydrogen (secondary N) is 1. The molecule has 0 bridgehead atoms. The van der Waals surface area contributed by atoms with Gasteiger partial charge in [-0.05, 0) is 31.2 Å². The number of benzene rings is 2. The van der Waals surface area contributed by atoms with E-state index in [-0.39, 0.29) is 12.5 Å². The molecule has 118 valence electrons. The summed E-state index contributed by atoms with van der Waals surface area (Å²) in [4.78, 5) is 12.2. The fraction of sp³-hybridized carbons (Fsp3) is 0.211. The van der Waals surface area contributed by atoms with Crippen LogP contribution in [0.15, 0.2) is 42.5 Å². The van der Waals surface area contributed by atoms with Gasteiger partial charge in [-0.25, -0.2) is 0 Å². The summed E-state index contributed by atoms with van der Waals surface area (Å²) >= 11 is 0. The van der Waals surface area contributed by atoms with Crippen LogP contribution in [0, 0.1) is 18.8 Å². The fourth-order valence-electron chi connectivity index (χ4n) is 2.11. The van der Waals surface area contributed by atoms with Gasteiger partial charge in [0.15, 0.2) is 0 Å². The molecule has 0 fully saturated rings. The van der Waals surface area contributed by atoms with Gasteiger partial charge >= 0.3 is 0 Å². The molecule has 0 spiro atoms. The normalized spacial score (nSPS) is 9.52. The SMILES string of the molecule is COc1cc(C(=O)NCC#Cc2ccccc2)cc(OC)c1C. The second-order valence-electron chi connectivity index (χ2n) is 4.86. The molecule has 0 aliphatic heterocycles. The van der Waals surface area contributed by atoms with E-state index in [9.17, 15) is 4.79 Å². The van der Waals surface area contributed by atoms with Crippen molar-refractivity contribution in [2.45, 2.75) is 6.92 Å². The fourth-order valence-corrected chi connectivity index (χ4v) is 2.11. The summed E-state index contributed by atoms with van der Waals surface area (Å²) in [7, 11) is 3.13. The van der Waals surface area contributed by atoms with E-state index < -0.39 is 0 Å². The summed E-state index contributed by atoms with van der Waals surface area (Å²) in [5.74, 6) is 6.93. The molecule has 23 heavy (non-hydrogen) atoms. The third-order valence-electron chi connectivity index (χ3n) is 3.36. The number of methoxy groups -OCH3 is 2. The molecule has 0 unspecified atom stereocenters. The van der Waals surface area contributed by atoms with Gasteiger partial charge in [0, 0.05) is 16.7 Å². The Labute approximate surface area is 136 Å². The molecule has 0 atom stereocenters. The Hall–Kier alpha value is -2.93. The van der Waals surface area contributed by atoms with Crippen LogP contribution in [0.5, 0.6) is 11.5 Å². The molecule has 0 aliphatic carbocycles. The van der Waals surface area contributed by atoms with Gasteiger partial charge in [0.25, 0.3) is 5.91 Å². The first-order chi connectivity index (χ1) is 11.2. The zero-order valence-corrected chi connectivity index (χ0v) is 13.5. The van der Waals surface area contributed by atoms with E-state index >= 15 is 0 Å². The van der Waals surface area contributed by atoms with Gasteiger partial charge in [0.1, 0.15) is 11.5 Å². The largest absolute Gasteiger partial charge is 0.496 e. The number of hydrogen-bond donors (Lipinski definition) is 1. The lowest BCUT2D eigenvalue weighted by Gasteiger charge is -2.12. The van der Waals surface area contributed by atoms with E-state index in [2.05, 4.69) is 17.2 Å². The molecular weight excluding hydrogens is 290 g/mol. The van der Waals surface area contributed by atoms with Crippen molar-refractivity contribution in [3.05, 3.63) is 59.2 Å². The van der Waals surface area contributed by atoms with E-state index in [1.807, 2.05) is 37.3 Å². The third-order valence-corrected chi connectivity index (χ3v) is 3.36. The van der Waals surface area contributed by atoms with Crippen molar-refractivity contribution in [1.29, 1.82) is 0 Å². The number of hydrogen-bond acceptors (Lipinski definition) is 3. The number of carbonyl (C=O) groups is 1. The Bertz CT molecular complexity index is 717. The molecule has 1 amide bonds. The first kappa shape index (κ1) is 16.4. The molecule has 2 aromatic rings. The Morgan fingerprint density at radius 1 is 1.09 bits per heavy atom. The highest BCUT2D eigenvalue weighted by Gasteiger charge is 2.12. The summed E-state index contributed by atoms with van der Waals surface area (Å²) in [6.07, 6.45) is 0. The van der Waals surface area contributed by atoms with Gasteiger partial charge in [-0.1, -0.05) is 30.0 Å².